The fourth-order valence-corrected chi connectivity index (χ4v) is 1.29. The topological polar surface area (TPSA) is 29.5 Å². The SMILES string of the molecule is CC.CCOC(=O)N1CCCCC1. The van der Waals surface area contributed by atoms with Crippen molar-refractivity contribution < 1.29 is 9.53 Å². The molecule has 0 radical (unpaired) electrons. The van der Waals surface area contributed by atoms with Crippen LogP contribution in [0.4, 0.5) is 4.79 Å². The third kappa shape index (κ3) is 4.76. The van der Waals surface area contributed by atoms with Crippen LogP contribution in [-0.2, 0) is 4.74 Å². The average Bonchev–Trinajstić information content (AvgIpc) is 2.23. The molecular weight excluding hydrogens is 166 g/mol. The van der Waals surface area contributed by atoms with Gasteiger partial charge in [0, 0.05) is 13.1 Å². The Bertz CT molecular complexity index is 131. The Morgan fingerprint density at radius 2 is 1.77 bits per heavy atom. The molecule has 1 aliphatic rings. The second-order valence-corrected chi connectivity index (χ2v) is 2.75. The standard InChI is InChI=1S/C8H15NO2.C2H6/c1-2-11-8(10)9-6-4-3-5-7-9;1-2/h2-7H2,1H3;1-2H3. The summed E-state index contributed by atoms with van der Waals surface area (Å²) in [6.45, 7) is 8.06. The van der Waals surface area contributed by atoms with Crippen molar-refractivity contribution in [2.24, 2.45) is 0 Å². The molecule has 0 bridgehead atoms. The first kappa shape index (κ1) is 12.3. The molecule has 0 aliphatic carbocycles. The molecule has 0 unspecified atom stereocenters. The molecule has 0 N–H and O–H groups in total. The Morgan fingerprint density at radius 3 is 2.23 bits per heavy atom. The van der Waals surface area contributed by atoms with E-state index in [1.54, 1.807) is 4.90 Å². The van der Waals surface area contributed by atoms with Gasteiger partial charge < -0.3 is 9.64 Å². The lowest BCUT2D eigenvalue weighted by molar-refractivity contribution is 0.0997. The summed E-state index contributed by atoms with van der Waals surface area (Å²) in [6.07, 6.45) is 3.35. The molecule has 3 nitrogen and oxygen atoms in total. The van der Waals surface area contributed by atoms with Crippen molar-refractivity contribution in [3.63, 3.8) is 0 Å². The minimum absolute atomic E-state index is 0.146. The van der Waals surface area contributed by atoms with Crippen LogP contribution in [0, 0.1) is 0 Å². The smallest absolute Gasteiger partial charge is 0.409 e. The van der Waals surface area contributed by atoms with Gasteiger partial charge in [0.05, 0.1) is 6.61 Å². The van der Waals surface area contributed by atoms with E-state index in [2.05, 4.69) is 0 Å². The zero-order valence-electron chi connectivity index (χ0n) is 9.01. The van der Waals surface area contributed by atoms with Gasteiger partial charge in [-0.25, -0.2) is 4.79 Å². The Kier molecular flexibility index (Phi) is 7.45. The van der Waals surface area contributed by atoms with E-state index in [4.69, 9.17) is 4.74 Å². The predicted molar refractivity (Wildman–Crippen MR) is 53.8 cm³/mol. The van der Waals surface area contributed by atoms with Gasteiger partial charge in [-0.05, 0) is 26.2 Å². The molecular formula is C10H21NO2. The number of ether oxygens (including phenoxy) is 1. The van der Waals surface area contributed by atoms with Crippen LogP contribution in [0.2, 0.25) is 0 Å². The van der Waals surface area contributed by atoms with Gasteiger partial charge in [-0.15, -0.1) is 0 Å². The van der Waals surface area contributed by atoms with E-state index in [1.165, 1.54) is 6.42 Å². The van der Waals surface area contributed by atoms with Crippen molar-refractivity contribution in [1.82, 2.24) is 4.90 Å². The van der Waals surface area contributed by atoms with Crippen molar-refractivity contribution in [3.05, 3.63) is 0 Å². The molecule has 1 rings (SSSR count). The van der Waals surface area contributed by atoms with Crippen LogP contribution in [0.3, 0.4) is 0 Å². The molecule has 1 amide bonds. The molecule has 78 valence electrons. The van der Waals surface area contributed by atoms with E-state index in [1.807, 2.05) is 20.8 Å². The lowest BCUT2D eigenvalue weighted by atomic mass is 10.1. The van der Waals surface area contributed by atoms with Crippen molar-refractivity contribution in [3.8, 4) is 0 Å². The zero-order valence-corrected chi connectivity index (χ0v) is 9.01. The lowest BCUT2D eigenvalue weighted by Crippen LogP contribution is -2.35. The Balaban J connectivity index is 0.000000671. The van der Waals surface area contributed by atoms with Crippen molar-refractivity contribution in [2.75, 3.05) is 19.7 Å². The molecule has 1 heterocycles. The largest absolute Gasteiger partial charge is 0.450 e. The molecule has 0 aromatic heterocycles. The van der Waals surface area contributed by atoms with Crippen LogP contribution in [-0.4, -0.2) is 30.7 Å². The van der Waals surface area contributed by atoms with E-state index >= 15 is 0 Å². The van der Waals surface area contributed by atoms with E-state index in [0.717, 1.165) is 25.9 Å². The number of amides is 1. The fourth-order valence-electron chi connectivity index (χ4n) is 1.29. The highest BCUT2D eigenvalue weighted by atomic mass is 16.6. The van der Waals surface area contributed by atoms with E-state index < -0.39 is 0 Å². The molecule has 13 heavy (non-hydrogen) atoms. The highest BCUT2D eigenvalue weighted by molar-refractivity contribution is 5.67. The van der Waals surface area contributed by atoms with Gasteiger partial charge in [0.2, 0.25) is 0 Å². The average molecular weight is 187 g/mol. The second kappa shape index (κ2) is 7.90. The minimum atomic E-state index is -0.146. The lowest BCUT2D eigenvalue weighted by Gasteiger charge is -2.25. The van der Waals surface area contributed by atoms with Crippen LogP contribution in [0.25, 0.3) is 0 Å². The van der Waals surface area contributed by atoms with Gasteiger partial charge in [-0.1, -0.05) is 13.8 Å². The molecule has 1 aliphatic heterocycles. The number of rotatable bonds is 1. The number of piperidine rings is 1. The Labute approximate surface area is 81.1 Å². The molecule has 1 saturated heterocycles. The van der Waals surface area contributed by atoms with Crippen LogP contribution >= 0.6 is 0 Å². The summed E-state index contributed by atoms with van der Waals surface area (Å²) < 4.78 is 4.87. The maximum absolute atomic E-state index is 11.1. The third-order valence-corrected chi connectivity index (χ3v) is 1.88. The quantitative estimate of drug-likeness (QED) is 0.631. The Morgan fingerprint density at radius 1 is 1.23 bits per heavy atom. The summed E-state index contributed by atoms with van der Waals surface area (Å²) >= 11 is 0. The molecule has 1 fully saturated rings. The summed E-state index contributed by atoms with van der Waals surface area (Å²) in [7, 11) is 0. The van der Waals surface area contributed by atoms with Crippen molar-refractivity contribution >= 4 is 6.09 Å². The Hall–Kier alpha value is -0.730. The number of nitrogens with zero attached hydrogens (tertiary/aromatic N) is 1. The van der Waals surface area contributed by atoms with Gasteiger partial charge >= 0.3 is 6.09 Å². The molecule has 3 heteroatoms. The van der Waals surface area contributed by atoms with Gasteiger partial charge in [0.1, 0.15) is 0 Å². The van der Waals surface area contributed by atoms with E-state index in [-0.39, 0.29) is 6.09 Å². The molecule has 0 aromatic carbocycles. The van der Waals surface area contributed by atoms with Gasteiger partial charge in [-0.3, -0.25) is 0 Å². The summed E-state index contributed by atoms with van der Waals surface area (Å²) in [6, 6.07) is 0. The first-order chi connectivity index (χ1) is 6.34. The zero-order chi connectivity index (χ0) is 10.1. The fraction of sp³-hybridized carbons (Fsp3) is 0.900. The highest BCUT2D eigenvalue weighted by Gasteiger charge is 2.16. The summed E-state index contributed by atoms with van der Waals surface area (Å²) in [5.41, 5.74) is 0. The maximum Gasteiger partial charge on any atom is 0.409 e. The van der Waals surface area contributed by atoms with Crippen LogP contribution < -0.4 is 0 Å². The highest BCUT2D eigenvalue weighted by Crippen LogP contribution is 2.09. The number of likely N-dealkylation sites (tertiary alicyclic amines) is 1. The molecule has 0 aromatic rings. The first-order valence-corrected chi connectivity index (χ1v) is 5.26. The first-order valence-electron chi connectivity index (χ1n) is 5.26. The minimum Gasteiger partial charge on any atom is -0.450 e. The van der Waals surface area contributed by atoms with Gasteiger partial charge in [-0.2, -0.15) is 0 Å². The number of hydrogen-bond donors (Lipinski definition) is 0. The maximum atomic E-state index is 11.1. The number of carbonyl (C=O) groups excluding carboxylic acids is 1. The molecule has 0 atom stereocenters. The van der Waals surface area contributed by atoms with Crippen LogP contribution in [0.15, 0.2) is 0 Å². The summed E-state index contributed by atoms with van der Waals surface area (Å²) in [4.78, 5) is 12.9. The van der Waals surface area contributed by atoms with E-state index in [0.29, 0.717) is 6.61 Å². The van der Waals surface area contributed by atoms with Crippen LogP contribution in [0.5, 0.6) is 0 Å². The van der Waals surface area contributed by atoms with E-state index in [9.17, 15) is 4.79 Å². The van der Waals surface area contributed by atoms with Gasteiger partial charge in [0.15, 0.2) is 0 Å². The number of hydrogen-bond acceptors (Lipinski definition) is 2. The molecule has 0 saturated carbocycles. The number of carbonyl (C=O) groups is 1. The van der Waals surface area contributed by atoms with Gasteiger partial charge in [0.25, 0.3) is 0 Å². The normalized spacial score (nSPS) is 15.8. The van der Waals surface area contributed by atoms with Crippen molar-refractivity contribution in [2.45, 2.75) is 40.0 Å². The monoisotopic (exact) mass is 187 g/mol. The summed E-state index contributed by atoms with van der Waals surface area (Å²) in [5, 5.41) is 0. The van der Waals surface area contributed by atoms with Crippen LogP contribution in [0.1, 0.15) is 40.0 Å². The van der Waals surface area contributed by atoms with Crippen molar-refractivity contribution in [1.29, 1.82) is 0 Å². The predicted octanol–water partition coefficient (Wildman–Crippen LogP) is 2.66. The third-order valence-electron chi connectivity index (χ3n) is 1.88. The molecule has 0 spiro atoms. The summed E-state index contributed by atoms with van der Waals surface area (Å²) in [5.74, 6) is 0. The second-order valence-electron chi connectivity index (χ2n) is 2.75.